The van der Waals surface area contributed by atoms with E-state index in [2.05, 4.69) is 9.97 Å². The number of methoxy groups -OCH3 is 1. The molecule has 0 unspecified atom stereocenters. The minimum atomic E-state index is -0.468. The molecule has 0 bridgehead atoms. The van der Waals surface area contributed by atoms with Gasteiger partial charge in [0.15, 0.2) is 0 Å². The van der Waals surface area contributed by atoms with Gasteiger partial charge in [0, 0.05) is 18.9 Å². The summed E-state index contributed by atoms with van der Waals surface area (Å²) in [4.78, 5) is 18.8. The lowest BCUT2D eigenvalue weighted by molar-refractivity contribution is -0.0294. The Hall–Kier alpha value is -1.16. The van der Waals surface area contributed by atoms with E-state index in [0.29, 0.717) is 5.82 Å². The normalized spacial score (nSPS) is 11.8. The molecule has 4 nitrogen and oxygen atoms in total. The van der Waals surface area contributed by atoms with E-state index < -0.39 is 5.60 Å². The third-order valence-electron chi connectivity index (χ3n) is 3.12. The summed E-state index contributed by atoms with van der Waals surface area (Å²) in [6, 6.07) is 1.54. The summed E-state index contributed by atoms with van der Waals surface area (Å²) in [6.07, 6.45) is 2.33. The van der Waals surface area contributed by atoms with E-state index in [-0.39, 0.29) is 5.56 Å². The molecule has 1 aromatic rings. The average Bonchev–Trinajstić information content (AvgIpc) is 2.31. The number of nitrogens with zero attached hydrogens (tertiary/aromatic N) is 1. The van der Waals surface area contributed by atoms with Gasteiger partial charge in [0.05, 0.1) is 0 Å². The molecule has 0 spiro atoms. The second-order valence-electron chi connectivity index (χ2n) is 3.84. The first-order valence-electron chi connectivity index (χ1n) is 5.77. The molecule has 90 valence electrons. The molecule has 0 aromatic carbocycles. The number of aryl methyl sites for hydroxylation is 1. The Balaban J connectivity index is 3.29. The van der Waals surface area contributed by atoms with Crippen molar-refractivity contribution in [1.29, 1.82) is 0 Å². The molecule has 0 amide bonds. The summed E-state index contributed by atoms with van der Waals surface area (Å²) < 4.78 is 5.54. The zero-order valence-corrected chi connectivity index (χ0v) is 10.5. The number of aromatic nitrogens is 2. The summed E-state index contributed by atoms with van der Waals surface area (Å²) in [5.74, 6) is 0.643. The monoisotopic (exact) mass is 224 g/mol. The highest BCUT2D eigenvalue weighted by Crippen LogP contribution is 2.28. The quantitative estimate of drug-likeness (QED) is 0.832. The Morgan fingerprint density at radius 1 is 1.38 bits per heavy atom. The highest BCUT2D eigenvalue weighted by molar-refractivity contribution is 5.08. The number of hydrogen-bond acceptors (Lipinski definition) is 3. The van der Waals surface area contributed by atoms with Gasteiger partial charge in [-0.15, -0.1) is 0 Å². The molecule has 0 aliphatic carbocycles. The van der Waals surface area contributed by atoms with Crippen LogP contribution in [0, 0.1) is 0 Å². The van der Waals surface area contributed by atoms with Gasteiger partial charge in [0.1, 0.15) is 11.4 Å². The zero-order valence-electron chi connectivity index (χ0n) is 10.5. The van der Waals surface area contributed by atoms with Crippen LogP contribution in [0.2, 0.25) is 0 Å². The van der Waals surface area contributed by atoms with E-state index in [0.717, 1.165) is 25.0 Å². The van der Waals surface area contributed by atoms with Gasteiger partial charge in [-0.1, -0.05) is 20.8 Å². The maximum atomic E-state index is 11.5. The molecule has 1 heterocycles. The molecule has 1 aromatic heterocycles. The number of nitrogens with one attached hydrogen (secondary N) is 1. The van der Waals surface area contributed by atoms with E-state index in [4.69, 9.17) is 4.74 Å². The first kappa shape index (κ1) is 12.9. The Bertz CT molecular complexity index is 386. The zero-order chi connectivity index (χ0) is 12.2. The Kier molecular flexibility index (Phi) is 4.24. The number of ether oxygens (including phenoxy) is 1. The van der Waals surface area contributed by atoms with Crippen LogP contribution in [0.3, 0.4) is 0 Å². The number of aromatic amines is 1. The van der Waals surface area contributed by atoms with Crippen LogP contribution in [0.25, 0.3) is 0 Å². The predicted octanol–water partition coefficient (Wildman–Crippen LogP) is 1.99. The van der Waals surface area contributed by atoms with Crippen molar-refractivity contribution in [2.24, 2.45) is 0 Å². The fourth-order valence-corrected chi connectivity index (χ4v) is 1.88. The fraction of sp³-hybridized carbons (Fsp3) is 0.667. The van der Waals surface area contributed by atoms with Gasteiger partial charge in [0.25, 0.3) is 5.56 Å². The summed E-state index contributed by atoms with van der Waals surface area (Å²) >= 11 is 0. The molecule has 0 saturated carbocycles. The molecule has 4 heteroatoms. The van der Waals surface area contributed by atoms with Crippen LogP contribution in [0.15, 0.2) is 10.9 Å². The lowest BCUT2D eigenvalue weighted by Crippen LogP contribution is -2.32. The fourth-order valence-electron chi connectivity index (χ4n) is 1.88. The van der Waals surface area contributed by atoms with Crippen molar-refractivity contribution in [2.75, 3.05) is 7.11 Å². The van der Waals surface area contributed by atoms with Crippen molar-refractivity contribution in [1.82, 2.24) is 9.97 Å². The standard InChI is InChI=1S/C12H20N2O2/c1-5-9-8-10(15)14-11(13-9)12(6-2,7-3)16-4/h8H,5-7H2,1-4H3,(H,13,14,15). The van der Waals surface area contributed by atoms with Gasteiger partial charge >= 0.3 is 0 Å². The van der Waals surface area contributed by atoms with E-state index in [9.17, 15) is 4.79 Å². The van der Waals surface area contributed by atoms with Crippen LogP contribution in [0.1, 0.15) is 45.1 Å². The molecule has 0 saturated heterocycles. The van der Waals surface area contributed by atoms with Gasteiger partial charge in [0.2, 0.25) is 0 Å². The maximum Gasteiger partial charge on any atom is 0.251 e. The third-order valence-corrected chi connectivity index (χ3v) is 3.12. The smallest absolute Gasteiger partial charge is 0.251 e. The van der Waals surface area contributed by atoms with E-state index in [1.165, 1.54) is 6.07 Å². The largest absolute Gasteiger partial charge is 0.370 e. The van der Waals surface area contributed by atoms with E-state index in [1.54, 1.807) is 7.11 Å². The second kappa shape index (κ2) is 5.25. The van der Waals surface area contributed by atoms with Gasteiger partial charge in [-0.05, 0) is 19.3 Å². The van der Waals surface area contributed by atoms with Gasteiger partial charge in [-0.25, -0.2) is 4.98 Å². The lowest BCUT2D eigenvalue weighted by Gasteiger charge is -2.29. The van der Waals surface area contributed by atoms with Crippen molar-refractivity contribution in [3.8, 4) is 0 Å². The van der Waals surface area contributed by atoms with Gasteiger partial charge < -0.3 is 9.72 Å². The maximum absolute atomic E-state index is 11.5. The summed E-state index contributed by atoms with van der Waals surface area (Å²) in [7, 11) is 1.66. The molecule has 0 radical (unpaired) electrons. The average molecular weight is 224 g/mol. The third kappa shape index (κ3) is 2.32. The van der Waals surface area contributed by atoms with Gasteiger partial charge in [-0.2, -0.15) is 0 Å². The second-order valence-corrected chi connectivity index (χ2v) is 3.84. The summed E-state index contributed by atoms with van der Waals surface area (Å²) in [5, 5.41) is 0. The van der Waals surface area contributed by atoms with Crippen LogP contribution in [-0.4, -0.2) is 17.1 Å². The molecule has 1 rings (SSSR count). The van der Waals surface area contributed by atoms with Crippen molar-refractivity contribution in [3.63, 3.8) is 0 Å². The number of rotatable bonds is 5. The van der Waals surface area contributed by atoms with Crippen LogP contribution < -0.4 is 5.56 Å². The van der Waals surface area contributed by atoms with E-state index in [1.807, 2.05) is 20.8 Å². The minimum Gasteiger partial charge on any atom is -0.370 e. The number of H-pyrrole nitrogens is 1. The Labute approximate surface area is 96.1 Å². The van der Waals surface area contributed by atoms with Crippen molar-refractivity contribution in [2.45, 2.75) is 45.6 Å². The Morgan fingerprint density at radius 3 is 2.44 bits per heavy atom. The van der Waals surface area contributed by atoms with Crippen LogP contribution in [0.4, 0.5) is 0 Å². The van der Waals surface area contributed by atoms with Crippen LogP contribution in [0.5, 0.6) is 0 Å². The topological polar surface area (TPSA) is 55.0 Å². The van der Waals surface area contributed by atoms with Crippen molar-refractivity contribution >= 4 is 0 Å². The van der Waals surface area contributed by atoms with Crippen LogP contribution in [-0.2, 0) is 16.8 Å². The molecule has 1 N–H and O–H groups in total. The predicted molar refractivity (Wildman–Crippen MR) is 63.5 cm³/mol. The molecule has 0 aliphatic rings. The molecule has 0 fully saturated rings. The highest BCUT2D eigenvalue weighted by Gasteiger charge is 2.31. The SMILES string of the molecule is CCc1cc(=O)[nH]c(C(CC)(CC)OC)n1. The molecular formula is C12H20N2O2. The summed E-state index contributed by atoms with van der Waals surface area (Å²) in [6.45, 7) is 6.05. The number of hydrogen-bond donors (Lipinski definition) is 1. The first-order chi connectivity index (χ1) is 7.61. The molecule has 0 aliphatic heterocycles. The lowest BCUT2D eigenvalue weighted by atomic mass is 9.96. The van der Waals surface area contributed by atoms with Gasteiger partial charge in [-0.3, -0.25) is 4.79 Å². The highest BCUT2D eigenvalue weighted by atomic mass is 16.5. The minimum absolute atomic E-state index is 0.106. The van der Waals surface area contributed by atoms with Crippen molar-refractivity contribution in [3.05, 3.63) is 27.9 Å². The molecule has 16 heavy (non-hydrogen) atoms. The summed E-state index contributed by atoms with van der Waals surface area (Å²) in [5.41, 5.74) is 0.233. The molecular weight excluding hydrogens is 204 g/mol. The van der Waals surface area contributed by atoms with Crippen LogP contribution >= 0.6 is 0 Å². The Morgan fingerprint density at radius 2 is 2.00 bits per heavy atom. The van der Waals surface area contributed by atoms with E-state index >= 15 is 0 Å². The first-order valence-corrected chi connectivity index (χ1v) is 5.77. The van der Waals surface area contributed by atoms with Crippen molar-refractivity contribution < 1.29 is 4.74 Å². The molecule has 0 atom stereocenters.